The third-order valence-corrected chi connectivity index (χ3v) is 5.29. The lowest BCUT2D eigenvalue weighted by Crippen LogP contribution is -2.47. The SMILES string of the molecule is CCCCC[C@H](C)NC(=O)CN1C(=O)N[C@](C)(Cc2ccc3c(c2)OCO3)C1=O. The predicted molar refractivity (Wildman–Crippen MR) is 107 cm³/mol. The first-order valence-electron chi connectivity index (χ1n) is 10.1. The molecule has 1 aromatic rings. The molecule has 158 valence electrons. The zero-order chi connectivity index (χ0) is 21.0. The molecule has 2 aliphatic heterocycles. The molecule has 0 aromatic heterocycles. The molecule has 0 aliphatic carbocycles. The van der Waals surface area contributed by atoms with Crippen LogP contribution in [0, 0.1) is 0 Å². The fraction of sp³-hybridized carbons (Fsp3) is 0.571. The lowest BCUT2D eigenvalue weighted by atomic mass is 9.92. The molecule has 0 spiro atoms. The van der Waals surface area contributed by atoms with E-state index in [2.05, 4.69) is 17.6 Å². The summed E-state index contributed by atoms with van der Waals surface area (Å²) in [6, 6.07) is 4.89. The molecule has 8 heteroatoms. The summed E-state index contributed by atoms with van der Waals surface area (Å²) in [5, 5.41) is 5.60. The Bertz CT molecular complexity index is 797. The van der Waals surface area contributed by atoms with Crippen LogP contribution in [0.4, 0.5) is 4.79 Å². The molecular weight excluding hydrogens is 374 g/mol. The molecule has 0 radical (unpaired) electrons. The van der Waals surface area contributed by atoms with Crippen molar-refractivity contribution in [3.05, 3.63) is 23.8 Å². The van der Waals surface area contributed by atoms with Gasteiger partial charge < -0.3 is 20.1 Å². The number of nitrogens with zero attached hydrogens (tertiary/aromatic N) is 1. The smallest absolute Gasteiger partial charge is 0.325 e. The summed E-state index contributed by atoms with van der Waals surface area (Å²) in [6.07, 6.45) is 4.44. The average Bonchev–Trinajstić information content (AvgIpc) is 3.20. The molecule has 4 amide bonds. The molecule has 1 fully saturated rings. The van der Waals surface area contributed by atoms with Gasteiger partial charge in [0.25, 0.3) is 5.91 Å². The first-order chi connectivity index (χ1) is 13.8. The number of ether oxygens (including phenoxy) is 2. The number of unbranched alkanes of at least 4 members (excludes halogenated alkanes) is 2. The summed E-state index contributed by atoms with van der Waals surface area (Å²) in [7, 11) is 0. The Morgan fingerprint density at radius 2 is 2.03 bits per heavy atom. The van der Waals surface area contributed by atoms with E-state index in [1.54, 1.807) is 19.1 Å². The molecule has 2 N–H and O–H groups in total. The van der Waals surface area contributed by atoms with Gasteiger partial charge in [0.2, 0.25) is 12.7 Å². The zero-order valence-corrected chi connectivity index (χ0v) is 17.2. The van der Waals surface area contributed by atoms with Gasteiger partial charge in [-0.25, -0.2) is 4.79 Å². The number of hydrogen-bond acceptors (Lipinski definition) is 5. The number of carbonyl (C=O) groups excluding carboxylic acids is 3. The van der Waals surface area contributed by atoms with Crippen LogP contribution >= 0.6 is 0 Å². The highest BCUT2D eigenvalue weighted by atomic mass is 16.7. The van der Waals surface area contributed by atoms with Crippen molar-refractivity contribution < 1.29 is 23.9 Å². The Kier molecular flexibility index (Phi) is 6.30. The van der Waals surface area contributed by atoms with Gasteiger partial charge in [-0.15, -0.1) is 0 Å². The number of nitrogens with one attached hydrogen (secondary N) is 2. The van der Waals surface area contributed by atoms with Gasteiger partial charge in [0.15, 0.2) is 11.5 Å². The van der Waals surface area contributed by atoms with E-state index in [4.69, 9.17) is 9.47 Å². The van der Waals surface area contributed by atoms with E-state index in [0.717, 1.165) is 36.1 Å². The fourth-order valence-corrected chi connectivity index (χ4v) is 3.71. The quantitative estimate of drug-likeness (QED) is 0.487. The molecule has 8 nitrogen and oxygen atoms in total. The van der Waals surface area contributed by atoms with E-state index in [0.29, 0.717) is 17.9 Å². The number of fused-ring (bicyclic) bond motifs is 1. The maximum atomic E-state index is 12.9. The predicted octanol–water partition coefficient (Wildman–Crippen LogP) is 2.35. The maximum Gasteiger partial charge on any atom is 0.325 e. The minimum absolute atomic E-state index is 0.00910. The van der Waals surface area contributed by atoms with Crippen LogP contribution in [0.3, 0.4) is 0 Å². The maximum absolute atomic E-state index is 12.9. The summed E-state index contributed by atoms with van der Waals surface area (Å²) in [6.45, 7) is 5.62. The molecule has 1 saturated heterocycles. The summed E-state index contributed by atoms with van der Waals surface area (Å²) in [5.74, 6) is 0.544. The van der Waals surface area contributed by atoms with Gasteiger partial charge in [-0.2, -0.15) is 0 Å². The van der Waals surface area contributed by atoms with Gasteiger partial charge in [0.05, 0.1) is 0 Å². The number of carbonyl (C=O) groups is 3. The molecular formula is C21H29N3O5. The Morgan fingerprint density at radius 1 is 1.28 bits per heavy atom. The van der Waals surface area contributed by atoms with Crippen molar-refractivity contribution >= 4 is 17.8 Å². The van der Waals surface area contributed by atoms with Gasteiger partial charge in [-0.3, -0.25) is 14.5 Å². The summed E-state index contributed by atoms with van der Waals surface area (Å²) < 4.78 is 10.7. The van der Waals surface area contributed by atoms with E-state index in [-0.39, 0.29) is 25.3 Å². The largest absolute Gasteiger partial charge is 0.454 e. The van der Waals surface area contributed by atoms with Gasteiger partial charge >= 0.3 is 6.03 Å². The van der Waals surface area contributed by atoms with Gasteiger partial charge in [-0.1, -0.05) is 32.3 Å². The molecule has 0 unspecified atom stereocenters. The van der Waals surface area contributed by atoms with Crippen LogP contribution in [0.5, 0.6) is 11.5 Å². The third-order valence-electron chi connectivity index (χ3n) is 5.29. The highest BCUT2D eigenvalue weighted by Crippen LogP contribution is 2.34. The summed E-state index contributed by atoms with van der Waals surface area (Å²) in [5.41, 5.74) is -0.279. The van der Waals surface area contributed by atoms with E-state index in [1.807, 2.05) is 13.0 Å². The molecule has 0 bridgehead atoms. The van der Waals surface area contributed by atoms with Crippen LogP contribution in [0.1, 0.15) is 52.0 Å². The standard InChI is InChI=1S/C21H29N3O5/c1-4-5-6-7-14(2)22-18(25)12-24-19(26)21(3,23-20(24)27)11-15-8-9-16-17(10-15)29-13-28-16/h8-10,14H,4-7,11-13H2,1-3H3,(H,22,25)(H,23,27)/t14-,21+/m0/s1. The van der Waals surface area contributed by atoms with Gasteiger partial charge in [0, 0.05) is 12.5 Å². The van der Waals surface area contributed by atoms with Crippen molar-refractivity contribution in [3.8, 4) is 11.5 Å². The van der Waals surface area contributed by atoms with E-state index < -0.39 is 17.5 Å². The summed E-state index contributed by atoms with van der Waals surface area (Å²) in [4.78, 5) is 38.6. The Morgan fingerprint density at radius 3 is 2.79 bits per heavy atom. The van der Waals surface area contributed by atoms with Crippen molar-refractivity contribution in [2.75, 3.05) is 13.3 Å². The van der Waals surface area contributed by atoms with Crippen LogP contribution in [0.25, 0.3) is 0 Å². The molecule has 2 heterocycles. The number of benzene rings is 1. The second-order valence-corrected chi connectivity index (χ2v) is 7.98. The molecule has 2 atom stereocenters. The zero-order valence-electron chi connectivity index (χ0n) is 17.2. The fourth-order valence-electron chi connectivity index (χ4n) is 3.71. The normalized spacial score (nSPS) is 21.3. The van der Waals surface area contributed by atoms with Crippen LogP contribution < -0.4 is 20.1 Å². The summed E-state index contributed by atoms with van der Waals surface area (Å²) >= 11 is 0. The Hall–Kier alpha value is -2.77. The molecule has 0 saturated carbocycles. The van der Waals surface area contributed by atoms with E-state index in [1.165, 1.54) is 0 Å². The lowest BCUT2D eigenvalue weighted by molar-refractivity contribution is -0.134. The average molecular weight is 403 g/mol. The van der Waals surface area contributed by atoms with Crippen molar-refractivity contribution in [2.45, 2.75) is 64.5 Å². The first kappa shape index (κ1) is 21.0. The van der Waals surface area contributed by atoms with Crippen molar-refractivity contribution in [1.82, 2.24) is 15.5 Å². The molecule has 2 aliphatic rings. The van der Waals surface area contributed by atoms with Crippen LogP contribution in [-0.2, 0) is 16.0 Å². The number of imide groups is 1. The number of rotatable bonds is 9. The first-order valence-corrected chi connectivity index (χ1v) is 10.1. The van der Waals surface area contributed by atoms with Gasteiger partial charge in [-0.05, 0) is 38.0 Å². The monoisotopic (exact) mass is 403 g/mol. The number of amides is 4. The topological polar surface area (TPSA) is 97.0 Å². The number of hydrogen-bond donors (Lipinski definition) is 2. The van der Waals surface area contributed by atoms with E-state index >= 15 is 0 Å². The van der Waals surface area contributed by atoms with Crippen LogP contribution in [-0.4, -0.2) is 47.7 Å². The Labute approximate surface area is 170 Å². The van der Waals surface area contributed by atoms with E-state index in [9.17, 15) is 14.4 Å². The minimum atomic E-state index is -1.11. The van der Waals surface area contributed by atoms with Crippen molar-refractivity contribution in [2.24, 2.45) is 0 Å². The highest BCUT2D eigenvalue weighted by molar-refractivity contribution is 6.08. The second-order valence-electron chi connectivity index (χ2n) is 7.98. The second kappa shape index (κ2) is 8.71. The van der Waals surface area contributed by atoms with Crippen molar-refractivity contribution in [3.63, 3.8) is 0 Å². The lowest BCUT2D eigenvalue weighted by Gasteiger charge is -2.22. The highest BCUT2D eigenvalue weighted by Gasteiger charge is 2.48. The van der Waals surface area contributed by atoms with Gasteiger partial charge in [0.1, 0.15) is 12.1 Å². The Balaban J connectivity index is 1.59. The third kappa shape index (κ3) is 4.81. The van der Waals surface area contributed by atoms with Crippen molar-refractivity contribution in [1.29, 1.82) is 0 Å². The molecule has 29 heavy (non-hydrogen) atoms. The minimum Gasteiger partial charge on any atom is -0.454 e. The number of urea groups is 1. The van der Waals surface area contributed by atoms with Crippen LogP contribution in [0.15, 0.2) is 18.2 Å². The molecule has 1 aromatic carbocycles. The van der Waals surface area contributed by atoms with Crippen LogP contribution in [0.2, 0.25) is 0 Å². The molecule has 3 rings (SSSR count).